The van der Waals surface area contributed by atoms with Crippen LogP contribution in [0.2, 0.25) is 0 Å². The number of nitrogens with zero attached hydrogens (tertiary/aromatic N) is 2. The molecule has 2 unspecified atom stereocenters. The minimum absolute atomic E-state index is 0.0593. The summed E-state index contributed by atoms with van der Waals surface area (Å²) < 4.78 is 0. The van der Waals surface area contributed by atoms with Crippen molar-refractivity contribution >= 4 is 11.8 Å². The minimum atomic E-state index is -0.228. The Morgan fingerprint density at radius 2 is 1.66 bits per heavy atom. The zero-order valence-electron chi connectivity index (χ0n) is 17.5. The first-order chi connectivity index (χ1) is 14.0. The lowest BCUT2D eigenvalue weighted by atomic mass is 9.46. The molecule has 29 heavy (non-hydrogen) atoms. The maximum atomic E-state index is 13.7. The predicted molar refractivity (Wildman–Crippen MR) is 112 cm³/mol. The summed E-state index contributed by atoms with van der Waals surface area (Å²) in [6, 6.07) is 10.6. The first-order valence-corrected chi connectivity index (χ1v) is 11.3. The number of hydrogen-bond donors (Lipinski definition) is 1. The van der Waals surface area contributed by atoms with Gasteiger partial charge in [-0.15, -0.1) is 0 Å². The van der Waals surface area contributed by atoms with E-state index in [1.165, 1.54) is 12.0 Å². The van der Waals surface area contributed by atoms with Crippen molar-refractivity contribution in [3.05, 3.63) is 35.9 Å². The Labute approximate surface area is 173 Å². The molecule has 5 nitrogen and oxygen atoms in total. The summed E-state index contributed by atoms with van der Waals surface area (Å²) in [4.78, 5) is 30.2. The Bertz CT molecular complexity index is 771. The Morgan fingerprint density at radius 3 is 2.28 bits per heavy atom. The fraction of sp³-hybridized carbons (Fsp3) is 0.667. The van der Waals surface area contributed by atoms with Gasteiger partial charge in [0.1, 0.15) is 0 Å². The molecule has 5 heteroatoms. The van der Waals surface area contributed by atoms with Gasteiger partial charge in [-0.25, -0.2) is 0 Å². The molecule has 156 valence electrons. The largest absolute Gasteiger partial charge is 0.351 e. The molecule has 0 aromatic heterocycles. The fourth-order valence-electron chi connectivity index (χ4n) is 7.32. The van der Waals surface area contributed by atoms with Gasteiger partial charge < -0.3 is 10.2 Å². The molecule has 0 radical (unpaired) electrons. The molecule has 1 aliphatic heterocycles. The first-order valence-electron chi connectivity index (χ1n) is 11.3. The van der Waals surface area contributed by atoms with Gasteiger partial charge in [-0.1, -0.05) is 30.3 Å². The summed E-state index contributed by atoms with van der Waals surface area (Å²) in [7, 11) is 0. The van der Waals surface area contributed by atoms with Crippen molar-refractivity contribution in [1.82, 2.24) is 15.1 Å². The van der Waals surface area contributed by atoms with Gasteiger partial charge in [0.2, 0.25) is 11.8 Å². The van der Waals surface area contributed by atoms with E-state index in [0.29, 0.717) is 17.7 Å². The van der Waals surface area contributed by atoms with E-state index in [9.17, 15) is 9.59 Å². The van der Waals surface area contributed by atoms with Crippen LogP contribution in [0.1, 0.15) is 51.0 Å². The SMILES string of the molecule is CC(=O)NC12CC3CC(C1)CC(C(=O)N1CCN(Cc4ccccc4)CC1)(C3)C2. The number of piperazine rings is 1. The molecule has 1 heterocycles. The predicted octanol–water partition coefficient (Wildman–Crippen LogP) is 2.81. The Morgan fingerprint density at radius 1 is 1.00 bits per heavy atom. The van der Waals surface area contributed by atoms with Gasteiger partial charge in [-0.05, 0) is 55.9 Å². The highest BCUT2D eigenvalue weighted by Gasteiger charge is 2.61. The zero-order valence-corrected chi connectivity index (χ0v) is 17.5. The van der Waals surface area contributed by atoms with Crippen molar-refractivity contribution < 1.29 is 9.59 Å². The molecule has 1 saturated heterocycles. The molecule has 5 fully saturated rings. The normalized spacial score (nSPS) is 36.2. The minimum Gasteiger partial charge on any atom is -0.351 e. The molecule has 4 bridgehead atoms. The quantitative estimate of drug-likeness (QED) is 0.853. The molecule has 5 aliphatic rings. The van der Waals surface area contributed by atoms with Crippen LogP contribution in [0, 0.1) is 17.3 Å². The molecule has 4 saturated carbocycles. The van der Waals surface area contributed by atoms with E-state index < -0.39 is 0 Å². The lowest BCUT2D eigenvalue weighted by Gasteiger charge is -2.62. The second kappa shape index (κ2) is 7.12. The van der Waals surface area contributed by atoms with E-state index in [4.69, 9.17) is 0 Å². The Balaban J connectivity index is 1.26. The van der Waals surface area contributed by atoms with E-state index >= 15 is 0 Å². The van der Waals surface area contributed by atoms with Gasteiger partial charge in [0, 0.05) is 45.2 Å². The van der Waals surface area contributed by atoms with Crippen molar-refractivity contribution in [3.8, 4) is 0 Å². The summed E-state index contributed by atoms with van der Waals surface area (Å²) in [5, 5.41) is 3.29. The van der Waals surface area contributed by atoms with Crippen LogP contribution < -0.4 is 5.32 Å². The van der Waals surface area contributed by atoms with Crippen LogP contribution in [0.4, 0.5) is 0 Å². The second-order valence-corrected chi connectivity index (χ2v) is 10.3. The summed E-state index contributed by atoms with van der Waals surface area (Å²) in [5.41, 5.74) is 0.986. The molecule has 1 N–H and O–H groups in total. The van der Waals surface area contributed by atoms with Crippen LogP contribution in [0.15, 0.2) is 30.3 Å². The number of carbonyl (C=O) groups is 2. The van der Waals surface area contributed by atoms with Crippen LogP contribution in [0.25, 0.3) is 0 Å². The average Bonchev–Trinajstić information content (AvgIpc) is 2.67. The number of amides is 2. The zero-order chi connectivity index (χ0) is 20.1. The lowest BCUT2D eigenvalue weighted by Crippen LogP contribution is -2.66. The van der Waals surface area contributed by atoms with Crippen LogP contribution in [0.5, 0.6) is 0 Å². The monoisotopic (exact) mass is 395 g/mol. The molecule has 4 aliphatic carbocycles. The van der Waals surface area contributed by atoms with Gasteiger partial charge >= 0.3 is 0 Å². The van der Waals surface area contributed by atoms with Gasteiger partial charge in [-0.3, -0.25) is 14.5 Å². The summed E-state index contributed by atoms with van der Waals surface area (Å²) in [5.74, 6) is 1.64. The van der Waals surface area contributed by atoms with Crippen molar-refractivity contribution in [3.63, 3.8) is 0 Å². The van der Waals surface area contributed by atoms with E-state index in [-0.39, 0.29) is 16.9 Å². The van der Waals surface area contributed by atoms with Crippen LogP contribution in [-0.4, -0.2) is 53.3 Å². The van der Waals surface area contributed by atoms with Gasteiger partial charge in [-0.2, -0.15) is 0 Å². The van der Waals surface area contributed by atoms with Gasteiger partial charge in [0.15, 0.2) is 0 Å². The van der Waals surface area contributed by atoms with E-state index in [0.717, 1.165) is 64.8 Å². The van der Waals surface area contributed by atoms with Crippen molar-refractivity contribution in [2.45, 2.75) is 57.5 Å². The Hall–Kier alpha value is -1.88. The average molecular weight is 396 g/mol. The number of hydrogen-bond acceptors (Lipinski definition) is 3. The number of carbonyl (C=O) groups excluding carboxylic acids is 2. The lowest BCUT2D eigenvalue weighted by molar-refractivity contribution is -0.164. The molecule has 0 spiro atoms. The van der Waals surface area contributed by atoms with Gasteiger partial charge in [0.25, 0.3) is 0 Å². The van der Waals surface area contributed by atoms with Crippen molar-refractivity contribution in [2.24, 2.45) is 17.3 Å². The van der Waals surface area contributed by atoms with Crippen molar-refractivity contribution in [1.29, 1.82) is 0 Å². The molecule has 2 atom stereocenters. The number of benzene rings is 1. The van der Waals surface area contributed by atoms with Crippen LogP contribution >= 0.6 is 0 Å². The van der Waals surface area contributed by atoms with Gasteiger partial charge in [0.05, 0.1) is 5.41 Å². The highest BCUT2D eigenvalue weighted by atomic mass is 16.2. The maximum Gasteiger partial charge on any atom is 0.228 e. The third-order valence-corrected chi connectivity index (χ3v) is 7.86. The van der Waals surface area contributed by atoms with Crippen LogP contribution in [-0.2, 0) is 16.1 Å². The summed E-state index contributed by atoms with van der Waals surface area (Å²) in [6.07, 6.45) is 6.32. The summed E-state index contributed by atoms with van der Waals surface area (Å²) >= 11 is 0. The number of rotatable bonds is 4. The second-order valence-electron chi connectivity index (χ2n) is 10.3. The molecule has 2 amide bonds. The maximum absolute atomic E-state index is 13.7. The summed E-state index contributed by atoms with van der Waals surface area (Å²) in [6.45, 7) is 6.13. The first kappa shape index (κ1) is 19.1. The highest BCUT2D eigenvalue weighted by molar-refractivity contribution is 5.84. The Kier molecular flexibility index (Phi) is 4.69. The molecular formula is C24H33N3O2. The molecule has 6 rings (SSSR count). The van der Waals surface area contributed by atoms with E-state index in [2.05, 4.69) is 45.4 Å². The van der Waals surface area contributed by atoms with Crippen molar-refractivity contribution in [2.75, 3.05) is 26.2 Å². The number of nitrogens with one attached hydrogen (secondary N) is 1. The highest BCUT2D eigenvalue weighted by Crippen LogP contribution is 2.62. The topological polar surface area (TPSA) is 52.7 Å². The van der Waals surface area contributed by atoms with E-state index in [1.807, 2.05) is 0 Å². The third kappa shape index (κ3) is 3.58. The van der Waals surface area contributed by atoms with E-state index in [1.54, 1.807) is 6.92 Å². The third-order valence-electron chi connectivity index (χ3n) is 7.86. The smallest absolute Gasteiger partial charge is 0.228 e. The standard InChI is InChI=1S/C24H33N3O2/c1-18(28)25-24-14-20-11-21(15-24)13-23(12-20,17-24)22(29)27-9-7-26(8-10-27)16-19-5-3-2-4-6-19/h2-6,20-21H,7-17H2,1H3,(H,25,28). The van der Waals surface area contributed by atoms with Crippen LogP contribution in [0.3, 0.4) is 0 Å². The molecule has 1 aromatic rings. The molecule has 1 aromatic carbocycles. The fourth-order valence-corrected chi connectivity index (χ4v) is 7.32. The molecular weight excluding hydrogens is 362 g/mol.